The van der Waals surface area contributed by atoms with Crippen molar-refractivity contribution in [1.82, 2.24) is 5.32 Å². The van der Waals surface area contributed by atoms with Crippen molar-refractivity contribution in [2.45, 2.75) is 12.5 Å². The number of aliphatic hydroxyl groups is 1. The Hall–Kier alpha value is -3.05. The molecule has 0 saturated carbocycles. The van der Waals surface area contributed by atoms with Gasteiger partial charge in [0, 0.05) is 5.56 Å². The maximum atomic E-state index is 12.2. The second-order valence-corrected chi connectivity index (χ2v) is 5.87. The van der Waals surface area contributed by atoms with Crippen molar-refractivity contribution in [3.05, 3.63) is 84.3 Å². The summed E-state index contributed by atoms with van der Waals surface area (Å²) < 4.78 is 10.9. The number of para-hydroxylation sites is 1. The van der Waals surface area contributed by atoms with Gasteiger partial charge in [0.25, 0.3) is 5.91 Å². The second kappa shape index (κ2) is 7.23. The zero-order valence-electron chi connectivity index (χ0n) is 13.8. The Labute approximate surface area is 145 Å². The number of amides is 1. The van der Waals surface area contributed by atoms with E-state index in [4.69, 9.17) is 9.15 Å². The lowest BCUT2D eigenvalue weighted by Crippen LogP contribution is -2.38. The first-order chi connectivity index (χ1) is 12.0. The van der Waals surface area contributed by atoms with E-state index in [1.54, 1.807) is 43.3 Å². The highest BCUT2D eigenvalue weighted by Gasteiger charge is 2.26. The first-order valence-electron chi connectivity index (χ1n) is 7.92. The second-order valence-electron chi connectivity index (χ2n) is 5.87. The van der Waals surface area contributed by atoms with Crippen LogP contribution in [-0.4, -0.2) is 17.6 Å². The molecule has 3 aromatic rings. The van der Waals surface area contributed by atoms with E-state index in [0.717, 1.165) is 5.75 Å². The first-order valence-corrected chi connectivity index (χ1v) is 7.92. The number of benzene rings is 2. The Balaban J connectivity index is 1.59. The van der Waals surface area contributed by atoms with Crippen LogP contribution in [-0.2, 0) is 5.60 Å². The van der Waals surface area contributed by atoms with Crippen LogP contribution >= 0.6 is 0 Å². The van der Waals surface area contributed by atoms with Gasteiger partial charge in [-0.2, -0.15) is 0 Å². The number of carbonyl (C=O) groups is 1. The Bertz CT molecular complexity index is 809. The molecule has 25 heavy (non-hydrogen) atoms. The highest BCUT2D eigenvalue weighted by molar-refractivity contribution is 5.94. The number of rotatable bonds is 6. The minimum atomic E-state index is -1.27. The lowest BCUT2D eigenvalue weighted by Gasteiger charge is -2.21. The van der Waals surface area contributed by atoms with Crippen LogP contribution in [0.3, 0.4) is 0 Å². The number of hydrogen-bond acceptors (Lipinski definition) is 4. The zero-order valence-corrected chi connectivity index (χ0v) is 13.8. The van der Waals surface area contributed by atoms with E-state index in [1.165, 1.54) is 6.26 Å². The molecule has 1 aromatic heterocycles. The lowest BCUT2D eigenvalue weighted by atomic mass is 10.0. The summed E-state index contributed by atoms with van der Waals surface area (Å²) in [5.41, 5.74) is -0.786. The summed E-state index contributed by atoms with van der Waals surface area (Å²) in [7, 11) is 0. The maximum absolute atomic E-state index is 12.2. The molecular formula is C20H19NO4. The standard InChI is InChI=1S/C20H19NO4/c1-20(23,18-8-5-13-24-18)14-21-19(22)15-9-11-17(12-10-15)25-16-6-3-2-4-7-16/h2-13,23H,14H2,1H3,(H,21,22). The summed E-state index contributed by atoms with van der Waals surface area (Å²) in [6, 6.07) is 19.6. The smallest absolute Gasteiger partial charge is 0.251 e. The van der Waals surface area contributed by atoms with Crippen molar-refractivity contribution >= 4 is 5.91 Å². The third kappa shape index (κ3) is 4.28. The molecule has 2 aromatic carbocycles. The van der Waals surface area contributed by atoms with Gasteiger partial charge >= 0.3 is 0 Å². The molecule has 3 rings (SSSR count). The van der Waals surface area contributed by atoms with Gasteiger partial charge in [-0.05, 0) is 55.5 Å². The molecule has 0 aliphatic heterocycles. The molecular weight excluding hydrogens is 318 g/mol. The minimum absolute atomic E-state index is 0.0433. The SMILES string of the molecule is CC(O)(CNC(=O)c1ccc(Oc2ccccc2)cc1)c1ccco1. The third-order valence-electron chi connectivity index (χ3n) is 3.74. The molecule has 0 aliphatic rings. The Kier molecular flexibility index (Phi) is 4.86. The summed E-state index contributed by atoms with van der Waals surface area (Å²) in [4.78, 5) is 12.2. The normalized spacial score (nSPS) is 13.0. The van der Waals surface area contributed by atoms with Crippen LogP contribution in [0.1, 0.15) is 23.0 Å². The van der Waals surface area contributed by atoms with E-state index in [0.29, 0.717) is 17.1 Å². The molecule has 0 saturated heterocycles. The zero-order chi connectivity index (χ0) is 17.7. The maximum Gasteiger partial charge on any atom is 0.251 e. The van der Waals surface area contributed by atoms with Crippen molar-refractivity contribution in [3.8, 4) is 11.5 Å². The van der Waals surface area contributed by atoms with Crippen LogP contribution in [0.4, 0.5) is 0 Å². The molecule has 1 amide bonds. The number of hydrogen-bond donors (Lipinski definition) is 2. The van der Waals surface area contributed by atoms with Crippen molar-refractivity contribution in [1.29, 1.82) is 0 Å². The number of carbonyl (C=O) groups excluding carboxylic acids is 1. The van der Waals surface area contributed by atoms with Gasteiger partial charge in [-0.1, -0.05) is 18.2 Å². The van der Waals surface area contributed by atoms with E-state index >= 15 is 0 Å². The van der Waals surface area contributed by atoms with Crippen molar-refractivity contribution < 1.29 is 19.1 Å². The topological polar surface area (TPSA) is 71.7 Å². The molecule has 0 spiro atoms. The van der Waals surface area contributed by atoms with Crippen LogP contribution in [0.2, 0.25) is 0 Å². The molecule has 0 bridgehead atoms. The van der Waals surface area contributed by atoms with E-state index in [2.05, 4.69) is 5.32 Å². The molecule has 1 heterocycles. The van der Waals surface area contributed by atoms with E-state index in [-0.39, 0.29) is 12.5 Å². The van der Waals surface area contributed by atoms with Crippen molar-refractivity contribution in [2.75, 3.05) is 6.54 Å². The van der Waals surface area contributed by atoms with Crippen LogP contribution in [0.25, 0.3) is 0 Å². The summed E-state index contributed by atoms with van der Waals surface area (Å²) >= 11 is 0. The van der Waals surface area contributed by atoms with E-state index < -0.39 is 5.60 Å². The Morgan fingerprint density at radius 2 is 1.72 bits per heavy atom. The van der Waals surface area contributed by atoms with Crippen LogP contribution in [0.15, 0.2) is 77.4 Å². The summed E-state index contributed by atoms with van der Waals surface area (Å²) in [6.45, 7) is 1.63. The first kappa shape index (κ1) is 16.8. The number of nitrogens with one attached hydrogen (secondary N) is 1. The van der Waals surface area contributed by atoms with Gasteiger partial charge in [0.1, 0.15) is 22.9 Å². The average Bonchev–Trinajstić information content (AvgIpc) is 3.17. The number of ether oxygens (including phenoxy) is 1. The van der Waals surface area contributed by atoms with Gasteiger partial charge < -0.3 is 19.6 Å². The molecule has 1 atom stereocenters. The molecule has 0 radical (unpaired) electrons. The van der Waals surface area contributed by atoms with Gasteiger partial charge in [-0.3, -0.25) is 4.79 Å². The summed E-state index contributed by atoms with van der Waals surface area (Å²) in [5.74, 6) is 1.50. The summed E-state index contributed by atoms with van der Waals surface area (Å²) in [5, 5.41) is 13.1. The fourth-order valence-corrected chi connectivity index (χ4v) is 2.33. The van der Waals surface area contributed by atoms with Gasteiger partial charge in [0.15, 0.2) is 0 Å². The van der Waals surface area contributed by atoms with Gasteiger partial charge in [0.2, 0.25) is 0 Å². The molecule has 0 aliphatic carbocycles. The average molecular weight is 337 g/mol. The Morgan fingerprint density at radius 3 is 2.36 bits per heavy atom. The predicted octanol–water partition coefficient (Wildman–Crippen LogP) is 3.71. The van der Waals surface area contributed by atoms with Crippen LogP contribution in [0, 0.1) is 0 Å². The van der Waals surface area contributed by atoms with E-state index in [1.807, 2.05) is 30.3 Å². The largest absolute Gasteiger partial charge is 0.466 e. The highest BCUT2D eigenvalue weighted by Crippen LogP contribution is 2.22. The fraction of sp³-hybridized carbons (Fsp3) is 0.150. The number of furan rings is 1. The van der Waals surface area contributed by atoms with Crippen molar-refractivity contribution in [2.24, 2.45) is 0 Å². The Morgan fingerprint density at radius 1 is 1.04 bits per heavy atom. The quantitative estimate of drug-likeness (QED) is 0.719. The fourth-order valence-electron chi connectivity index (χ4n) is 2.33. The van der Waals surface area contributed by atoms with Crippen molar-refractivity contribution in [3.63, 3.8) is 0 Å². The molecule has 5 heteroatoms. The van der Waals surface area contributed by atoms with E-state index in [9.17, 15) is 9.90 Å². The highest BCUT2D eigenvalue weighted by atomic mass is 16.5. The molecule has 2 N–H and O–H groups in total. The molecule has 1 unspecified atom stereocenters. The van der Waals surface area contributed by atoms with Crippen LogP contribution in [0.5, 0.6) is 11.5 Å². The summed E-state index contributed by atoms with van der Waals surface area (Å²) in [6.07, 6.45) is 1.48. The van der Waals surface area contributed by atoms with Crippen LogP contribution < -0.4 is 10.1 Å². The van der Waals surface area contributed by atoms with Gasteiger partial charge in [-0.25, -0.2) is 0 Å². The molecule has 5 nitrogen and oxygen atoms in total. The monoisotopic (exact) mass is 337 g/mol. The lowest BCUT2D eigenvalue weighted by molar-refractivity contribution is 0.0330. The minimum Gasteiger partial charge on any atom is -0.466 e. The third-order valence-corrected chi connectivity index (χ3v) is 3.74. The molecule has 128 valence electrons. The van der Waals surface area contributed by atoms with Gasteiger partial charge in [-0.15, -0.1) is 0 Å². The molecule has 0 fully saturated rings. The predicted molar refractivity (Wildman–Crippen MR) is 93.6 cm³/mol. The van der Waals surface area contributed by atoms with Gasteiger partial charge in [0.05, 0.1) is 12.8 Å².